The number of phenolic OH excluding ortho intramolecular Hbond substituents is 3. The van der Waals surface area contributed by atoms with Crippen molar-refractivity contribution in [1.29, 1.82) is 0 Å². The molecule has 4 nitrogen and oxygen atoms in total. The van der Waals surface area contributed by atoms with Crippen molar-refractivity contribution in [3.8, 4) is 17.2 Å². The summed E-state index contributed by atoms with van der Waals surface area (Å²) in [6, 6.07) is 0. The van der Waals surface area contributed by atoms with Gasteiger partial charge in [-0.3, -0.25) is 4.79 Å². The van der Waals surface area contributed by atoms with Crippen LogP contribution in [0.4, 0.5) is 0 Å². The fourth-order valence-electron chi connectivity index (χ4n) is 0.887. The van der Waals surface area contributed by atoms with Crippen LogP contribution in [0, 0.1) is 0 Å². The lowest BCUT2D eigenvalue weighted by Crippen LogP contribution is -2.18. The van der Waals surface area contributed by atoms with Crippen molar-refractivity contribution in [2.75, 3.05) is 0 Å². The monoisotopic (exact) mass is 174 g/mol. The van der Waals surface area contributed by atoms with E-state index in [2.05, 4.69) is 0 Å². The van der Waals surface area contributed by atoms with Crippen LogP contribution in [0.3, 0.4) is 0 Å². The van der Waals surface area contributed by atoms with Crippen LogP contribution in [-0.4, -0.2) is 37.3 Å². The molecule has 0 heterocycles. The molecule has 0 aliphatic rings. The molecule has 3 N–H and O–H groups in total. The third-order valence-corrected chi connectivity index (χ3v) is 1.65. The molecule has 1 aromatic rings. The Kier molecular flexibility index (Phi) is 2.23. The molecule has 0 fully saturated rings. The van der Waals surface area contributed by atoms with Crippen LogP contribution in [0.2, 0.25) is 0 Å². The predicted octanol–water partition coefficient (Wildman–Crippen LogP) is -1.80. The van der Waals surface area contributed by atoms with Gasteiger partial charge in [-0.2, -0.15) is 0 Å². The summed E-state index contributed by atoms with van der Waals surface area (Å²) in [5, 5.41) is 27.3. The lowest BCUT2D eigenvalue weighted by molar-refractivity contribution is 0.112. The first-order valence-electron chi connectivity index (χ1n) is 3.27. The molecule has 0 aliphatic heterocycles. The van der Waals surface area contributed by atoms with Crippen molar-refractivity contribution in [3.05, 3.63) is 5.56 Å². The van der Waals surface area contributed by atoms with E-state index in [0.29, 0.717) is 0 Å². The summed E-state index contributed by atoms with van der Waals surface area (Å²) >= 11 is 0. The molecule has 0 aromatic heterocycles. The Morgan fingerprint density at radius 2 is 1.38 bits per heavy atom. The Morgan fingerprint density at radius 3 is 1.85 bits per heavy atom. The highest BCUT2D eigenvalue weighted by atomic mass is 16.3. The van der Waals surface area contributed by atoms with E-state index in [9.17, 15) is 9.90 Å². The normalized spacial score (nSPS) is 9.85. The van der Waals surface area contributed by atoms with E-state index < -0.39 is 28.2 Å². The number of hydrogen-bond acceptors (Lipinski definition) is 4. The van der Waals surface area contributed by atoms with Gasteiger partial charge in [-0.25, -0.2) is 0 Å². The highest BCUT2D eigenvalue weighted by Gasteiger charge is 2.16. The maximum absolute atomic E-state index is 10.4. The molecule has 0 saturated carbocycles. The number of hydrogen-bond donors (Lipinski definition) is 3. The first-order chi connectivity index (χ1) is 6.00. The largest absolute Gasteiger partial charge is 0.508 e. The molecule has 1 aromatic carbocycles. The average molecular weight is 174 g/mol. The molecule has 0 unspecified atom stereocenters. The van der Waals surface area contributed by atoms with Crippen LogP contribution in [0.15, 0.2) is 0 Å². The minimum absolute atomic E-state index is 0.236. The van der Waals surface area contributed by atoms with E-state index in [1.54, 1.807) is 0 Å². The average Bonchev–Trinajstić information content (AvgIpc) is 2.13. The van der Waals surface area contributed by atoms with Crippen LogP contribution in [0.5, 0.6) is 17.2 Å². The second-order valence-electron chi connectivity index (χ2n) is 2.40. The van der Waals surface area contributed by atoms with Gasteiger partial charge in [0, 0.05) is 0 Å². The van der Waals surface area contributed by atoms with E-state index in [4.69, 9.17) is 25.9 Å². The maximum Gasteiger partial charge on any atom is 0.153 e. The summed E-state index contributed by atoms with van der Waals surface area (Å²) in [7, 11) is 10.4. The van der Waals surface area contributed by atoms with E-state index in [0.717, 1.165) is 0 Å². The Labute approximate surface area is 76.6 Å². The van der Waals surface area contributed by atoms with Crippen molar-refractivity contribution in [2.24, 2.45) is 0 Å². The number of carbonyl (C=O) groups is 1. The maximum atomic E-state index is 10.4. The molecule has 0 amide bonds. The van der Waals surface area contributed by atoms with Crippen LogP contribution in [-0.2, 0) is 0 Å². The Balaban J connectivity index is 3.66. The highest BCUT2D eigenvalue weighted by Crippen LogP contribution is 2.25. The van der Waals surface area contributed by atoms with Gasteiger partial charge >= 0.3 is 0 Å². The molecule has 0 atom stereocenters. The van der Waals surface area contributed by atoms with Crippen molar-refractivity contribution in [1.82, 2.24) is 0 Å². The van der Waals surface area contributed by atoms with Crippen LogP contribution >= 0.6 is 0 Å². The fourth-order valence-corrected chi connectivity index (χ4v) is 0.887. The van der Waals surface area contributed by atoms with Crippen LogP contribution in [0.25, 0.3) is 0 Å². The molecule has 0 bridgehead atoms. The number of aromatic hydroxyl groups is 3. The number of benzene rings is 1. The molecular formula is C7H4B2O4. The smallest absolute Gasteiger partial charge is 0.153 e. The van der Waals surface area contributed by atoms with Crippen molar-refractivity contribution >= 4 is 32.9 Å². The summed E-state index contributed by atoms with van der Waals surface area (Å²) in [5.41, 5.74) is -1.22. The summed E-state index contributed by atoms with van der Waals surface area (Å²) < 4.78 is 0. The van der Waals surface area contributed by atoms with E-state index in [-0.39, 0.29) is 11.8 Å². The standard InChI is InChI=1S/C7H4B2O4/c8-3-2(1-10)5(11)4(9)7(13)6(3)12/h1,11-13H. The third-order valence-electron chi connectivity index (χ3n) is 1.65. The minimum Gasteiger partial charge on any atom is -0.508 e. The first-order valence-corrected chi connectivity index (χ1v) is 3.27. The van der Waals surface area contributed by atoms with Gasteiger partial charge in [-0.15, -0.1) is 0 Å². The van der Waals surface area contributed by atoms with Gasteiger partial charge in [0.1, 0.15) is 21.4 Å². The molecule has 13 heavy (non-hydrogen) atoms. The Morgan fingerprint density at radius 1 is 0.923 bits per heavy atom. The number of rotatable bonds is 1. The number of aldehydes is 1. The van der Waals surface area contributed by atoms with Gasteiger partial charge in [-0.05, 0) is 10.9 Å². The number of carbonyl (C=O) groups excluding carboxylic acids is 1. The molecule has 4 radical (unpaired) electrons. The van der Waals surface area contributed by atoms with Gasteiger partial charge in [0.25, 0.3) is 0 Å². The molecular weight excluding hydrogens is 170 g/mol. The number of phenols is 3. The molecule has 6 heteroatoms. The first kappa shape index (κ1) is 9.51. The predicted molar refractivity (Wildman–Crippen MR) is 47.6 cm³/mol. The van der Waals surface area contributed by atoms with Gasteiger partial charge < -0.3 is 15.3 Å². The van der Waals surface area contributed by atoms with E-state index >= 15 is 0 Å². The van der Waals surface area contributed by atoms with E-state index in [1.807, 2.05) is 0 Å². The Bertz CT molecular complexity index is 346. The van der Waals surface area contributed by atoms with Gasteiger partial charge in [0.15, 0.2) is 17.8 Å². The van der Waals surface area contributed by atoms with Gasteiger partial charge in [0.2, 0.25) is 0 Å². The zero-order valence-electron chi connectivity index (χ0n) is 6.48. The minimum atomic E-state index is -0.736. The van der Waals surface area contributed by atoms with E-state index in [1.165, 1.54) is 0 Å². The second-order valence-corrected chi connectivity index (χ2v) is 2.40. The van der Waals surface area contributed by atoms with Gasteiger partial charge in [0.05, 0.1) is 5.56 Å². The van der Waals surface area contributed by atoms with Crippen molar-refractivity contribution in [3.63, 3.8) is 0 Å². The highest BCUT2D eigenvalue weighted by molar-refractivity contribution is 6.43. The lowest BCUT2D eigenvalue weighted by Gasteiger charge is -2.11. The zero-order valence-corrected chi connectivity index (χ0v) is 6.48. The SMILES string of the molecule is [B]c1c(O)c(O)c([B])c(C=O)c1O. The summed E-state index contributed by atoms with van der Waals surface area (Å²) in [6.45, 7) is 0. The Hall–Kier alpha value is -1.58. The topological polar surface area (TPSA) is 77.8 Å². The molecule has 0 saturated heterocycles. The zero-order chi connectivity index (χ0) is 10.2. The second kappa shape index (κ2) is 3.05. The fraction of sp³-hybridized carbons (Fsp3) is 0. The summed E-state index contributed by atoms with van der Waals surface area (Å²) in [6.07, 6.45) is 0.236. The lowest BCUT2D eigenvalue weighted by atomic mass is 9.82. The van der Waals surface area contributed by atoms with Crippen molar-refractivity contribution in [2.45, 2.75) is 0 Å². The van der Waals surface area contributed by atoms with Crippen molar-refractivity contribution < 1.29 is 20.1 Å². The molecule has 1 rings (SSSR count). The van der Waals surface area contributed by atoms with Crippen LogP contribution in [0.1, 0.15) is 10.4 Å². The molecule has 0 spiro atoms. The van der Waals surface area contributed by atoms with Gasteiger partial charge in [-0.1, -0.05) is 0 Å². The molecule has 0 aliphatic carbocycles. The quantitative estimate of drug-likeness (QED) is 0.203. The summed E-state index contributed by atoms with van der Waals surface area (Å²) in [4.78, 5) is 10.4. The van der Waals surface area contributed by atoms with Crippen LogP contribution < -0.4 is 10.9 Å². The third kappa shape index (κ3) is 1.24. The molecule has 62 valence electrons. The summed E-state index contributed by atoms with van der Waals surface area (Å²) in [5.74, 6) is -2.08.